The molecule has 2 aromatic rings. The molecule has 1 spiro atoms. The maximum absolute atomic E-state index is 12.9. The zero-order chi connectivity index (χ0) is 28.2. The van der Waals surface area contributed by atoms with E-state index in [1.54, 1.807) is 6.07 Å². The minimum absolute atomic E-state index is 0.0463. The Morgan fingerprint density at radius 2 is 1.74 bits per heavy atom. The van der Waals surface area contributed by atoms with E-state index in [1.807, 2.05) is 25.1 Å². The molecule has 3 fully saturated rings. The fraction of sp³-hybridized carbons (Fsp3) is 0.484. The number of allylic oxidation sites excluding steroid dienone is 1. The maximum atomic E-state index is 12.9. The molecular formula is C31H37F3N2O3. The van der Waals surface area contributed by atoms with E-state index >= 15 is 0 Å². The second-order valence-corrected chi connectivity index (χ2v) is 11.0. The van der Waals surface area contributed by atoms with Gasteiger partial charge in [-0.2, -0.15) is 13.2 Å². The van der Waals surface area contributed by atoms with Crippen molar-refractivity contribution in [2.75, 3.05) is 20.2 Å². The molecule has 5 nitrogen and oxygen atoms in total. The van der Waals surface area contributed by atoms with Gasteiger partial charge in [0.15, 0.2) is 0 Å². The van der Waals surface area contributed by atoms with Crippen LogP contribution in [0.15, 0.2) is 54.6 Å². The Hall–Kier alpha value is -3.13. The highest BCUT2D eigenvalue weighted by Crippen LogP contribution is 2.52. The molecular weight excluding hydrogens is 505 g/mol. The number of nitrogens with zero attached hydrogens (tertiary/aromatic N) is 2. The first-order valence-corrected chi connectivity index (χ1v) is 13.6. The van der Waals surface area contributed by atoms with Crippen LogP contribution in [0.3, 0.4) is 0 Å². The van der Waals surface area contributed by atoms with Crippen molar-refractivity contribution >= 4 is 18.0 Å². The Morgan fingerprint density at radius 3 is 2.28 bits per heavy atom. The predicted molar refractivity (Wildman–Crippen MR) is 145 cm³/mol. The van der Waals surface area contributed by atoms with Crippen molar-refractivity contribution < 1.29 is 27.5 Å². The number of halogens is 3. The van der Waals surface area contributed by atoms with Gasteiger partial charge >= 0.3 is 18.1 Å². The molecule has 0 aromatic heterocycles. The van der Waals surface area contributed by atoms with E-state index in [4.69, 9.17) is 4.74 Å². The summed E-state index contributed by atoms with van der Waals surface area (Å²) in [7, 11) is 1.35. The lowest BCUT2D eigenvalue weighted by Gasteiger charge is -2.61. The molecule has 8 heteroatoms. The number of likely N-dealkylation sites (tertiary alicyclic amines) is 1. The van der Waals surface area contributed by atoms with Gasteiger partial charge < -0.3 is 9.64 Å². The Labute approximate surface area is 228 Å². The lowest BCUT2D eigenvalue weighted by atomic mass is 9.60. The van der Waals surface area contributed by atoms with E-state index in [0.717, 1.165) is 42.1 Å². The van der Waals surface area contributed by atoms with Gasteiger partial charge in [0, 0.05) is 31.7 Å². The van der Waals surface area contributed by atoms with Crippen LogP contribution in [0.1, 0.15) is 66.1 Å². The minimum Gasteiger partial charge on any atom is -0.465 e. The summed E-state index contributed by atoms with van der Waals surface area (Å²) in [6, 6.07) is 15.5. The fourth-order valence-electron chi connectivity index (χ4n) is 5.78. The smallest absolute Gasteiger partial charge is 0.465 e. The topological polar surface area (TPSA) is 49.9 Å². The second-order valence-electron chi connectivity index (χ2n) is 11.0. The molecule has 0 N–H and O–H groups in total. The largest absolute Gasteiger partial charge is 0.471 e. The number of amides is 1. The summed E-state index contributed by atoms with van der Waals surface area (Å²) in [6.07, 6.45) is 3.29. The maximum Gasteiger partial charge on any atom is 0.471 e. The van der Waals surface area contributed by atoms with Crippen molar-refractivity contribution in [3.63, 3.8) is 0 Å². The molecule has 0 radical (unpaired) electrons. The Kier molecular flexibility index (Phi) is 8.84. The quantitative estimate of drug-likeness (QED) is 0.380. The van der Waals surface area contributed by atoms with Crippen molar-refractivity contribution in [1.82, 2.24) is 9.80 Å². The normalized spacial score (nSPS) is 18.6. The van der Waals surface area contributed by atoms with Gasteiger partial charge in [0.1, 0.15) is 0 Å². The standard InChI is InChI=1S/C21H25F3N2O3.C10H12/c1-13-7-14(3-6-17(13)18(27)29-2)10-25-11-20(12-25)8-16(9-20)26(15-4-5-15)19(28)21(22,23)24;1-2-3-7-10-8-5-4-6-9-10/h3,6-7,15-16H,4-5,8-12H2,1-2H3;3-9H,2H2,1H3/b;7-3-. The van der Waals surface area contributed by atoms with Gasteiger partial charge in [0.2, 0.25) is 0 Å². The van der Waals surface area contributed by atoms with Gasteiger partial charge in [-0.05, 0) is 67.2 Å². The van der Waals surface area contributed by atoms with Gasteiger partial charge in [0.05, 0.1) is 12.7 Å². The molecule has 0 atom stereocenters. The zero-order valence-electron chi connectivity index (χ0n) is 22.8. The van der Waals surface area contributed by atoms with E-state index in [2.05, 4.69) is 48.2 Å². The average molecular weight is 543 g/mol. The number of benzene rings is 2. The first-order chi connectivity index (χ1) is 18.5. The van der Waals surface area contributed by atoms with Gasteiger partial charge in [-0.15, -0.1) is 0 Å². The van der Waals surface area contributed by atoms with Crippen molar-refractivity contribution in [3.8, 4) is 0 Å². The molecule has 2 saturated carbocycles. The summed E-state index contributed by atoms with van der Waals surface area (Å²) in [6.45, 7) is 6.41. The van der Waals surface area contributed by atoms with Gasteiger partial charge in [-0.1, -0.05) is 61.5 Å². The number of hydrogen-bond acceptors (Lipinski definition) is 4. The number of ether oxygens (including phenoxy) is 1. The third kappa shape index (κ3) is 7.10. The summed E-state index contributed by atoms with van der Waals surface area (Å²) < 4.78 is 43.5. The molecule has 2 aromatic carbocycles. The van der Waals surface area contributed by atoms with Crippen molar-refractivity contribution in [3.05, 3.63) is 76.9 Å². The van der Waals surface area contributed by atoms with Crippen LogP contribution in [-0.4, -0.2) is 60.1 Å². The molecule has 3 aliphatic rings. The van der Waals surface area contributed by atoms with Crippen molar-refractivity contribution in [1.29, 1.82) is 0 Å². The first-order valence-electron chi connectivity index (χ1n) is 13.6. The van der Waals surface area contributed by atoms with Gasteiger partial charge in [-0.3, -0.25) is 9.69 Å². The number of aryl methyl sites for hydroxylation is 1. The number of carbonyl (C=O) groups is 2. The summed E-state index contributed by atoms with van der Waals surface area (Å²) in [5.74, 6) is -2.02. The fourth-order valence-corrected chi connectivity index (χ4v) is 5.78. The van der Waals surface area contributed by atoms with Crippen LogP contribution < -0.4 is 0 Å². The van der Waals surface area contributed by atoms with Crippen molar-refractivity contribution in [2.24, 2.45) is 5.41 Å². The molecule has 5 rings (SSSR count). The number of carbonyl (C=O) groups excluding carboxylic acids is 2. The Bertz CT molecular complexity index is 1180. The van der Waals surface area contributed by atoms with E-state index in [1.165, 1.54) is 12.7 Å². The van der Waals surface area contributed by atoms with Gasteiger partial charge in [-0.25, -0.2) is 4.79 Å². The van der Waals surface area contributed by atoms with Crippen LogP contribution in [0.2, 0.25) is 0 Å². The SMILES string of the molecule is CC/C=C\c1ccccc1.COC(=O)c1ccc(CN2CC3(CC(N(C(=O)C(F)(F)F)C4CC4)C3)C2)cc1C. The molecule has 1 heterocycles. The molecule has 1 amide bonds. The van der Waals surface area contributed by atoms with Crippen LogP contribution in [-0.2, 0) is 16.1 Å². The van der Waals surface area contributed by atoms with E-state index in [0.29, 0.717) is 31.2 Å². The Balaban J connectivity index is 0.000000298. The summed E-state index contributed by atoms with van der Waals surface area (Å²) in [5.41, 5.74) is 3.83. The van der Waals surface area contributed by atoms with Gasteiger partial charge in [0.25, 0.3) is 0 Å². The highest BCUT2D eigenvalue weighted by molar-refractivity contribution is 5.91. The summed E-state index contributed by atoms with van der Waals surface area (Å²) >= 11 is 0. The Morgan fingerprint density at radius 1 is 1.08 bits per heavy atom. The molecule has 210 valence electrons. The van der Waals surface area contributed by atoms with Crippen LogP contribution in [0.25, 0.3) is 6.08 Å². The van der Waals surface area contributed by atoms with Crippen LogP contribution >= 0.6 is 0 Å². The van der Waals surface area contributed by atoms with Crippen LogP contribution in [0.4, 0.5) is 13.2 Å². The molecule has 0 bridgehead atoms. The zero-order valence-corrected chi connectivity index (χ0v) is 22.8. The molecule has 39 heavy (non-hydrogen) atoms. The highest BCUT2D eigenvalue weighted by Gasteiger charge is 2.58. The third-order valence-electron chi connectivity index (χ3n) is 7.71. The number of hydrogen-bond donors (Lipinski definition) is 0. The third-order valence-corrected chi connectivity index (χ3v) is 7.71. The highest BCUT2D eigenvalue weighted by atomic mass is 19.4. The molecule has 0 unspecified atom stereocenters. The number of esters is 1. The first kappa shape index (κ1) is 28.9. The number of rotatable bonds is 7. The second kappa shape index (κ2) is 11.9. The monoisotopic (exact) mass is 542 g/mol. The average Bonchev–Trinajstić information content (AvgIpc) is 3.70. The minimum atomic E-state index is -4.79. The van der Waals surface area contributed by atoms with E-state index < -0.39 is 12.1 Å². The van der Waals surface area contributed by atoms with Crippen LogP contribution in [0, 0.1) is 12.3 Å². The molecule has 1 saturated heterocycles. The van der Waals surface area contributed by atoms with E-state index in [9.17, 15) is 22.8 Å². The molecule has 1 aliphatic heterocycles. The number of alkyl halides is 3. The lowest BCUT2D eigenvalue weighted by Crippen LogP contribution is -2.67. The van der Waals surface area contributed by atoms with Crippen LogP contribution in [0.5, 0.6) is 0 Å². The lowest BCUT2D eigenvalue weighted by molar-refractivity contribution is -0.197. The predicted octanol–water partition coefficient (Wildman–Crippen LogP) is 6.41. The summed E-state index contributed by atoms with van der Waals surface area (Å²) in [4.78, 5) is 26.8. The van der Waals surface area contributed by atoms with Crippen molar-refractivity contribution in [2.45, 2.75) is 70.8 Å². The summed E-state index contributed by atoms with van der Waals surface area (Å²) in [5, 5.41) is 0. The molecule has 2 aliphatic carbocycles. The van der Waals surface area contributed by atoms with E-state index in [-0.39, 0.29) is 23.5 Å². The number of methoxy groups -OCH3 is 1.